The van der Waals surface area contributed by atoms with E-state index in [4.69, 9.17) is 4.74 Å². The number of carbonyl (C=O) groups excluding carboxylic acids is 1. The lowest BCUT2D eigenvalue weighted by Crippen LogP contribution is -2.36. The number of H-pyrrole nitrogens is 1. The number of aromatic amines is 1. The molecule has 132 valence electrons. The number of nitrogens with one attached hydrogen (secondary N) is 2. The van der Waals surface area contributed by atoms with E-state index >= 15 is 0 Å². The number of amides is 1. The van der Waals surface area contributed by atoms with E-state index in [9.17, 15) is 9.59 Å². The van der Waals surface area contributed by atoms with Gasteiger partial charge in [0.15, 0.2) is 0 Å². The maximum Gasteiger partial charge on any atom is 0.345 e. The zero-order valence-corrected chi connectivity index (χ0v) is 14.8. The Kier molecular flexibility index (Phi) is 4.61. The summed E-state index contributed by atoms with van der Waals surface area (Å²) in [6, 6.07) is 9.57. The summed E-state index contributed by atoms with van der Waals surface area (Å²) in [4.78, 5) is 30.6. The minimum atomic E-state index is -0.507. The van der Waals surface area contributed by atoms with Gasteiger partial charge in [-0.25, -0.2) is 4.79 Å². The molecular formula is C19H23N3O3. The molecule has 1 amide bonds. The molecule has 1 aromatic heterocycles. The highest BCUT2D eigenvalue weighted by Crippen LogP contribution is 2.26. The first-order valence-electron chi connectivity index (χ1n) is 8.43. The molecule has 1 atom stereocenters. The van der Waals surface area contributed by atoms with Gasteiger partial charge in [0.25, 0.3) is 5.91 Å². The summed E-state index contributed by atoms with van der Waals surface area (Å²) >= 11 is 0. The molecule has 1 aromatic carbocycles. The van der Waals surface area contributed by atoms with E-state index in [2.05, 4.69) is 15.3 Å². The SMILES string of the molecule is CC(C)(C)c1cc(C(=O)NC[C@H]2COc3ccccc3C2)nc(=O)[nH]1. The fourth-order valence-electron chi connectivity index (χ4n) is 2.83. The molecule has 0 aliphatic carbocycles. The van der Waals surface area contributed by atoms with Gasteiger partial charge >= 0.3 is 5.69 Å². The molecule has 6 heteroatoms. The van der Waals surface area contributed by atoms with Gasteiger partial charge in [-0.1, -0.05) is 39.0 Å². The van der Waals surface area contributed by atoms with Crippen molar-refractivity contribution in [1.29, 1.82) is 0 Å². The van der Waals surface area contributed by atoms with Crippen molar-refractivity contribution in [2.24, 2.45) is 5.92 Å². The van der Waals surface area contributed by atoms with Crippen LogP contribution >= 0.6 is 0 Å². The molecule has 6 nitrogen and oxygen atoms in total. The van der Waals surface area contributed by atoms with E-state index in [1.165, 1.54) is 0 Å². The maximum atomic E-state index is 12.4. The van der Waals surface area contributed by atoms with Crippen LogP contribution in [-0.4, -0.2) is 29.0 Å². The second-order valence-corrected chi connectivity index (χ2v) is 7.43. The molecule has 1 aliphatic rings. The van der Waals surface area contributed by atoms with E-state index in [1.807, 2.05) is 45.0 Å². The summed E-state index contributed by atoms with van der Waals surface area (Å²) in [6.45, 7) is 6.95. The Morgan fingerprint density at radius 3 is 2.88 bits per heavy atom. The molecule has 0 radical (unpaired) electrons. The molecule has 2 N–H and O–H groups in total. The summed E-state index contributed by atoms with van der Waals surface area (Å²) in [5.74, 6) is 0.773. The highest BCUT2D eigenvalue weighted by molar-refractivity contribution is 5.92. The number of para-hydroxylation sites is 1. The predicted octanol–water partition coefficient (Wildman–Crippen LogP) is 2.05. The number of hydrogen-bond acceptors (Lipinski definition) is 4. The van der Waals surface area contributed by atoms with Crippen molar-refractivity contribution in [2.75, 3.05) is 13.2 Å². The van der Waals surface area contributed by atoms with Crippen LogP contribution in [0, 0.1) is 5.92 Å². The summed E-state index contributed by atoms with van der Waals surface area (Å²) in [5, 5.41) is 2.87. The van der Waals surface area contributed by atoms with Gasteiger partial charge in [0.05, 0.1) is 6.61 Å². The number of fused-ring (bicyclic) bond motifs is 1. The first-order chi connectivity index (χ1) is 11.8. The number of aromatic nitrogens is 2. The molecule has 25 heavy (non-hydrogen) atoms. The van der Waals surface area contributed by atoms with Crippen LogP contribution in [0.2, 0.25) is 0 Å². The lowest BCUT2D eigenvalue weighted by atomic mass is 9.91. The van der Waals surface area contributed by atoms with E-state index in [1.54, 1.807) is 6.07 Å². The van der Waals surface area contributed by atoms with Crippen LogP contribution in [0.1, 0.15) is 42.5 Å². The molecule has 2 heterocycles. The summed E-state index contributed by atoms with van der Waals surface area (Å²) in [5.41, 5.74) is 1.21. The highest BCUT2D eigenvalue weighted by atomic mass is 16.5. The molecule has 1 aliphatic heterocycles. The van der Waals surface area contributed by atoms with Crippen molar-refractivity contribution < 1.29 is 9.53 Å². The van der Waals surface area contributed by atoms with Crippen molar-refractivity contribution in [1.82, 2.24) is 15.3 Å². The second-order valence-electron chi connectivity index (χ2n) is 7.43. The number of carbonyl (C=O) groups is 1. The van der Waals surface area contributed by atoms with Gasteiger partial charge in [-0.3, -0.25) is 4.79 Å². The minimum Gasteiger partial charge on any atom is -0.493 e. The highest BCUT2D eigenvalue weighted by Gasteiger charge is 2.22. The van der Waals surface area contributed by atoms with Crippen LogP contribution in [0.15, 0.2) is 35.1 Å². The number of ether oxygens (including phenoxy) is 1. The third-order valence-electron chi connectivity index (χ3n) is 4.29. The number of nitrogens with zero attached hydrogens (tertiary/aromatic N) is 1. The average Bonchev–Trinajstić information content (AvgIpc) is 2.58. The first-order valence-corrected chi connectivity index (χ1v) is 8.43. The molecule has 0 bridgehead atoms. The van der Waals surface area contributed by atoms with Gasteiger partial charge < -0.3 is 15.0 Å². The molecule has 0 saturated carbocycles. The topological polar surface area (TPSA) is 84.1 Å². The predicted molar refractivity (Wildman–Crippen MR) is 95.0 cm³/mol. The largest absolute Gasteiger partial charge is 0.493 e. The Labute approximate surface area is 146 Å². The van der Waals surface area contributed by atoms with E-state index in [0.717, 1.165) is 17.7 Å². The lowest BCUT2D eigenvalue weighted by Gasteiger charge is -2.25. The van der Waals surface area contributed by atoms with E-state index in [-0.39, 0.29) is 22.9 Å². The molecule has 2 aromatic rings. The van der Waals surface area contributed by atoms with Gasteiger partial charge in [0.1, 0.15) is 11.4 Å². The minimum absolute atomic E-state index is 0.144. The third kappa shape index (κ3) is 4.07. The standard InChI is InChI=1S/C19H23N3O3/c1-19(2,3)16-9-14(21-18(24)22-16)17(23)20-10-12-8-13-6-4-5-7-15(13)25-11-12/h4-7,9,12H,8,10-11H2,1-3H3,(H,20,23)(H,21,22,24)/t12-/m0/s1. The summed E-state index contributed by atoms with van der Waals surface area (Å²) < 4.78 is 5.74. The molecular weight excluding hydrogens is 318 g/mol. The second kappa shape index (κ2) is 6.70. The average molecular weight is 341 g/mol. The van der Waals surface area contributed by atoms with Gasteiger partial charge in [-0.05, 0) is 24.1 Å². The van der Waals surface area contributed by atoms with Crippen molar-refractivity contribution in [2.45, 2.75) is 32.6 Å². The van der Waals surface area contributed by atoms with Gasteiger partial charge in [0.2, 0.25) is 0 Å². The molecule has 3 rings (SSSR count). The van der Waals surface area contributed by atoms with Crippen LogP contribution in [-0.2, 0) is 11.8 Å². The number of benzene rings is 1. The summed E-state index contributed by atoms with van der Waals surface area (Å²) in [7, 11) is 0. The van der Waals surface area contributed by atoms with Crippen LogP contribution in [0.4, 0.5) is 0 Å². The third-order valence-corrected chi connectivity index (χ3v) is 4.29. The van der Waals surface area contributed by atoms with Crippen LogP contribution in [0.5, 0.6) is 5.75 Å². The van der Waals surface area contributed by atoms with Gasteiger partial charge in [-0.2, -0.15) is 4.98 Å². The smallest absolute Gasteiger partial charge is 0.345 e. The Morgan fingerprint density at radius 2 is 2.12 bits per heavy atom. The van der Waals surface area contributed by atoms with Crippen molar-refractivity contribution in [3.8, 4) is 5.75 Å². The van der Waals surface area contributed by atoms with E-state index < -0.39 is 5.69 Å². The molecule has 0 saturated heterocycles. The zero-order valence-electron chi connectivity index (χ0n) is 14.8. The maximum absolute atomic E-state index is 12.4. The first kappa shape index (κ1) is 17.2. The van der Waals surface area contributed by atoms with E-state index in [0.29, 0.717) is 18.8 Å². The normalized spacial score (nSPS) is 16.7. The van der Waals surface area contributed by atoms with Crippen molar-refractivity contribution in [3.05, 3.63) is 57.8 Å². The monoisotopic (exact) mass is 341 g/mol. The fourth-order valence-corrected chi connectivity index (χ4v) is 2.83. The Bertz CT molecular complexity index is 836. The van der Waals surface area contributed by atoms with Crippen molar-refractivity contribution >= 4 is 5.91 Å². The lowest BCUT2D eigenvalue weighted by molar-refractivity contribution is 0.0933. The molecule has 0 spiro atoms. The zero-order chi connectivity index (χ0) is 18.0. The summed E-state index contributed by atoms with van der Waals surface area (Å²) in [6.07, 6.45) is 0.854. The quantitative estimate of drug-likeness (QED) is 0.895. The number of hydrogen-bond donors (Lipinski definition) is 2. The molecule has 0 unspecified atom stereocenters. The fraction of sp³-hybridized carbons (Fsp3) is 0.421. The Hall–Kier alpha value is -2.63. The Morgan fingerprint density at radius 1 is 1.36 bits per heavy atom. The van der Waals surface area contributed by atoms with Crippen molar-refractivity contribution in [3.63, 3.8) is 0 Å². The van der Waals surface area contributed by atoms with Gasteiger partial charge in [0, 0.05) is 23.6 Å². The van der Waals surface area contributed by atoms with Crippen LogP contribution in [0.3, 0.4) is 0 Å². The number of rotatable bonds is 3. The Balaban J connectivity index is 1.66. The van der Waals surface area contributed by atoms with Gasteiger partial charge in [-0.15, -0.1) is 0 Å². The van der Waals surface area contributed by atoms with Crippen LogP contribution in [0.25, 0.3) is 0 Å². The van der Waals surface area contributed by atoms with Crippen LogP contribution < -0.4 is 15.7 Å². The molecule has 0 fully saturated rings.